The molecule has 0 N–H and O–H groups in total. The van der Waals surface area contributed by atoms with Crippen molar-refractivity contribution >= 4 is 17.4 Å². The van der Waals surface area contributed by atoms with Crippen LogP contribution in [0.3, 0.4) is 0 Å². The van der Waals surface area contributed by atoms with Gasteiger partial charge in [-0.25, -0.2) is 0 Å². The average Bonchev–Trinajstić information content (AvgIpc) is 2.46. The average molecular weight is 289 g/mol. The van der Waals surface area contributed by atoms with Gasteiger partial charge in [0, 0.05) is 11.4 Å². The quantitative estimate of drug-likeness (QED) is 0.811. The molecular weight excluding hydrogens is 276 g/mol. The Morgan fingerprint density at radius 3 is 2.75 bits per heavy atom. The molecule has 0 saturated carbocycles. The van der Waals surface area contributed by atoms with Crippen molar-refractivity contribution in [3.8, 4) is 11.5 Å². The van der Waals surface area contributed by atoms with E-state index in [1.807, 2.05) is 18.2 Å². The van der Waals surface area contributed by atoms with Crippen LogP contribution in [0.2, 0.25) is 5.02 Å². The van der Waals surface area contributed by atoms with Crippen LogP contribution in [0, 0.1) is 0 Å². The fourth-order valence-electron chi connectivity index (χ4n) is 2.22. The van der Waals surface area contributed by atoms with E-state index in [0.717, 1.165) is 5.56 Å². The highest BCUT2D eigenvalue weighted by Gasteiger charge is 2.20. The second-order valence-corrected chi connectivity index (χ2v) is 5.00. The lowest BCUT2D eigenvalue weighted by molar-refractivity contribution is 0.0982. The van der Waals surface area contributed by atoms with Gasteiger partial charge >= 0.3 is 0 Å². The topological polar surface area (TPSA) is 35.5 Å². The Kier molecular flexibility index (Phi) is 3.61. The Balaban J connectivity index is 1.88. The maximum atomic E-state index is 12.4. The molecule has 0 atom stereocenters. The van der Waals surface area contributed by atoms with Gasteiger partial charge in [-0.05, 0) is 29.8 Å². The number of para-hydroxylation sites is 1. The van der Waals surface area contributed by atoms with Gasteiger partial charge in [0.2, 0.25) is 0 Å². The number of rotatable bonds is 3. The monoisotopic (exact) mass is 288 g/mol. The summed E-state index contributed by atoms with van der Waals surface area (Å²) in [6, 6.07) is 12.7. The van der Waals surface area contributed by atoms with Crippen molar-refractivity contribution in [1.82, 2.24) is 0 Å². The minimum absolute atomic E-state index is 0.00498. The molecule has 3 rings (SSSR count). The lowest BCUT2D eigenvalue weighted by Crippen LogP contribution is -2.18. The number of benzene rings is 2. The normalized spacial score (nSPS) is 13.1. The Hall–Kier alpha value is -2.00. The van der Waals surface area contributed by atoms with Gasteiger partial charge < -0.3 is 9.47 Å². The molecule has 1 aliphatic rings. The summed E-state index contributed by atoms with van der Waals surface area (Å²) >= 11 is 5.93. The molecule has 2 aromatic carbocycles. The van der Waals surface area contributed by atoms with E-state index in [4.69, 9.17) is 21.1 Å². The van der Waals surface area contributed by atoms with E-state index in [1.165, 1.54) is 0 Å². The van der Waals surface area contributed by atoms with E-state index in [9.17, 15) is 4.79 Å². The third-order valence-corrected chi connectivity index (χ3v) is 3.36. The first-order chi connectivity index (χ1) is 9.74. The maximum absolute atomic E-state index is 12.4. The zero-order chi connectivity index (χ0) is 13.9. The van der Waals surface area contributed by atoms with Crippen LogP contribution in [-0.4, -0.2) is 19.0 Å². The largest absolute Gasteiger partial charge is 0.486 e. The number of carbonyl (C=O) groups excluding carboxylic acids is 1. The van der Waals surface area contributed by atoms with Gasteiger partial charge in [-0.1, -0.05) is 29.8 Å². The lowest BCUT2D eigenvalue weighted by Gasteiger charge is -2.20. The highest BCUT2D eigenvalue weighted by Crippen LogP contribution is 2.34. The van der Waals surface area contributed by atoms with Crippen molar-refractivity contribution in [3.63, 3.8) is 0 Å². The SMILES string of the molecule is O=C(Cc1cccc(Cl)c1)c1cccc2c1OCCO2. The Morgan fingerprint density at radius 1 is 1.10 bits per heavy atom. The third kappa shape index (κ3) is 2.63. The van der Waals surface area contributed by atoms with Gasteiger partial charge in [0.15, 0.2) is 17.3 Å². The minimum atomic E-state index is -0.00498. The Bertz CT molecular complexity index is 652. The van der Waals surface area contributed by atoms with Crippen molar-refractivity contribution in [3.05, 3.63) is 58.6 Å². The second-order valence-electron chi connectivity index (χ2n) is 4.56. The van der Waals surface area contributed by atoms with E-state index in [-0.39, 0.29) is 5.78 Å². The molecule has 4 heteroatoms. The maximum Gasteiger partial charge on any atom is 0.172 e. The highest BCUT2D eigenvalue weighted by atomic mass is 35.5. The van der Waals surface area contributed by atoms with Crippen molar-refractivity contribution in [1.29, 1.82) is 0 Å². The number of hydrogen-bond donors (Lipinski definition) is 0. The first-order valence-electron chi connectivity index (χ1n) is 6.40. The molecule has 1 heterocycles. The highest BCUT2D eigenvalue weighted by molar-refractivity contribution is 6.30. The fourth-order valence-corrected chi connectivity index (χ4v) is 2.43. The van der Waals surface area contributed by atoms with Crippen LogP contribution in [0.4, 0.5) is 0 Å². The summed E-state index contributed by atoms with van der Waals surface area (Å²) in [5.74, 6) is 1.17. The van der Waals surface area contributed by atoms with Crippen LogP contribution in [-0.2, 0) is 6.42 Å². The molecule has 20 heavy (non-hydrogen) atoms. The molecule has 2 aromatic rings. The summed E-state index contributed by atoms with van der Waals surface area (Å²) in [7, 11) is 0. The van der Waals surface area contributed by atoms with Gasteiger partial charge in [0.1, 0.15) is 13.2 Å². The predicted octanol–water partition coefficient (Wildman–Crippen LogP) is 3.54. The van der Waals surface area contributed by atoms with Crippen LogP contribution in [0.1, 0.15) is 15.9 Å². The molecule has 0 fully saturated rings. The van der Waals surface area contributed by atoms with Gasteiger partial charge in [-0.2, -0.15) is 0 Å². The first kappa shape index (κ1) is 13.0. The van der Waals surface area contributed by atoms with Crippen LogP contribution >= 0.6 is 11.6 Å². The van der Waals surface area contributed by atoms with Gasteiger partial charge in [0.25, 0.3) is 0 Å². The van der Waals surface area contributed by atoms with Crippen LogP contribution in [0.5, 0.6) is 11.5 Å². The zero-order valence-electron chi connectivity index (χ0n) is 10.8. The van der Waals surface area contributed by atoms with E-state index >= 15 is 0 Å². The van der Waals surface area contributed by atoms with Crippen LogP contribution < -0.4 is 9.47 Å². The van der Waals surface area contributed by atoms with E-state index < -0.39 is 0 Å². The van der Waals surface area contributed by atoms with Crippen molar-refractivity contribution in [2.75, 3.05) is 13.2 Å². The molecule has 0 unspecified atom stereocenters. The summed E-state index contributed by atoms with van der Waals surface area (Å²) < 4.78 is 11.1. The summed E-state index contributed by atoms with van der Waals surface area (Å²) in [6.07, 6.45) is 0.292. The minimum Gasteiger partial charge on any atom is -0.486 e. The van der Waals surface area contributed by atoms with E-state index in [0.29, 0.717) is 41.7 Å². The number of fused-ring (bicyclic) bond motifs is 1. The summed E-state index contributed by atoms with van der Waals surface area (Å²) in [4.78, 5) is 12.4. The van der Waals surface area contributed by atoms with Crippen molar-refractivity contribution in [2.24, 2.45) is 0 Å². The number of carbonyl (C=O) groups is 1. The predicted molar refractivity (Wildman–Crippen MR) is 76.9 cm³/mol. The number of ether oxygens (including phenoxy) is 2. The molecular formula is C16H13ClO3. The number of halogens is 1. The molecule has 0 saturated heterocycles. The molecule has 102 valence electrons. The van der Waals surface area contributed by atoms with Crippen molar-refractivity contribution in [2.45, 2.75) is 6.42 Å². The van der Waals surface area contributed by atoms with Gasteiger partial charge in [-0.15, -0.1) is 0 Å². The van der Waals surface area contributed by atoms with E-state index in [2.05, 4.69) is 0 Å². The van der Waals surface area contributed by atoms with Crippen LogP contribution in [0.25, 0.3) is 0 Å². The molecule has 0 aliphatic carbocycles. The number of ketones is 1. The van der Waals surface area contributed by atoms with Gasteiger partial charge in [0.05, 0.1) is 5.56 Å². The number of hydrogen-bond acceptors (Lipinski definition) is 3. The summed E-state index contributed by atoms with van der Waals surface area (Å²) in [6.45, 7) is 0.980. The second kappa shape index (κ2) is 5.55. The zero-order valence-corrected chi connectivity index (χ0v) is 11.5. The van der Waals surface area contributed by atoms with Crippen LogP contribution in [0.15, 0.2) is 42.5 Å². The molecule has 0 radical (unpaired) electrons. The standard InChI is InChI=1S/C16H13ClO3/c17-12-4-1-3-11(9-12)10-14(18)13-5-2-6-15-16(13)20-8-7-19-15/h1-6,9H,7-8,10H2. The third-order valence-electron chi connectivity index (χ3n) is 3.12. The molecule has 0 amide bonds. The molecule has 3 nitrogen and oxygen atoms in total. The Morgan fingerprint density at radius 2 is 1.90 bits per heavy atom. The first-order valence-corrected chi connectivity index (χ1v) is 6.78. The van der Waals surface area contributed by atoms with Crippen molar-refractivity contribution < 1.29 is 14.3 Å². The number of Topliss-reactive ketones (excluding diaryl/α,β-unsaturated/α-hetero) is 1. The fraction of sp³-hybridized carbons (Fsp3) is 0.188. The lowest BCUT2D eigenvalue weighted by atomic mass is 10.0. The van der Waals surface area contributed by atoms with E-state index in [1.54, 1.807) is 24.3 Å². The molecule has 1 aliphatic heterocycles. The molecule has 0 aromatic heterocycles. The smallest absolute Gasteiger partial charge is 0.172 e. The van der Waals surface area contributed by atoms with Gasteiger partial charge in [-0.3, -0.25) is 4.79 Å². The Labute approximate surface area is 122 Å². The summed E-state index contributed by atoms with van der Waals surface area (Å²) in [5, 5.41) is 0.630. The molecule has 0 bridgehead atoms. The molecule has 0 spiro atoms. The summed E-state index contributed by atoms with van der Waals surface area (Å²) in [5.41, 5.74) is 1.44.